The van der Waals surface area contributed by atoms with Gasteiger partial charge < -0.3 is 0 Å². The highest BCUT2D eigenvalue weighted by molar-refractivity contribution is 6.10. The Labute approximate surface area is 229 Å². The normalized spacial score (nSPS) is 10.4. The zero-order valence-electron chi connectivity index (χ0n) is 22.6. The van der Waals surface area contributed by atoms with Crippen LogP contribution in [0.3, 0.4) is 0 Å². The highest BCUT2D eigenvalue weighted by atomic mass is 14.2. The van der Waals surface area contributed by atoms with Crippen molar-refractivity contribution in [2.75, 3.05) is 0 Å². The number of fused-ring (bicyclic) bond motifs is 4. The molecule has 0 atom stereocenters. The third-order valence-corrected chi connectivity index (χ3v) is 6.66. The molecule has 192 valence electrons. The van der Waals surface area contributed by atoms with Gasteiger partial charge in [0.15, 0.2) is 0 Å². The maximum Gasteiger partial charge on any atom is -0.00268 e. The van der Waals surface area contributed by atoms with Crippen LogP contribution in [0.1, 0.15) is 40.7 Å². The fourth-order valence-electron chi connectivity index (χ4n) is 4.72. The van der Waals surface area contributed by atoms with Gasteiger partial charge in [-0.25, -0.2) is 0 Å². The van der Waals surface area contributed by atoms with Gasteiger partial charge >= 0.3 is 0 Å². The van der Waals surface area contributed by atoms with Gasteiger partial charge in [-0.15, -0.1) is 0 Å². The lowest BCUT2D eigenvalue weighted by atomic mass is 9.88. The summed E-state index contributed by atoms with van der Waals surface area (Å²) in [5, 5.41) is 7.74. The largest absolute Gasteiger partial charge is 0.0919 e. The molecule has 0 N–H and O–H groups in total. The molecule has 0 nitrogen and oxygen atoms in total. The summed E-state index contributed by atoms with van der Waals surface area (Å²) in [4.78, 5) is 0. The molecular weight excluding hydrogens is 456 g/mol. The predicted octanol–water partition coefficient (Wildman–Crippen LogP) is 12.0. The predicted molar refractivity (Wildman–Crippen MR) is 173 cm³/mol. The van der Waals surface area contributed by atoms with Gasteiger partial charge in [0.05, 0.1) is 0 Å². The van der Waals surface area contributed by atoms with Crippen molar-refractivity contribution in [3.63, 3.8) is 0 Å². The van der Waals surface area contributed by atoms with Crippen molar-refractivity contribution in [1.82, 2.24) is 0 Å². The van der Waals surface area contributed by atoms with Crippen LogP contribution < -0.4 is 0 Å². The summed E-state index contributed by atoms with van der Waals surface area (Å²) in [6.07, 6.45) is 4.00. The Bertz CT molecular complexity index is 1650. The van der Waals surface area contributed by atoms with Crippen LogP contribution in [0.2, 0.25) is 0 Å². The first-order chi connectivity index (χ1) is 18.2. The molecule has 6 aromatic carbocycles. The molecule has 0 saturated heterocycles. The fraction of sp³-hybridized carbons (Fsp3) is 0.158. The standard InChI is InChI=1S/C31H22.C4H8.C2H6.CH4/c1-21-10-12-24(13-11-21)31-29-9-5-3-7-23(29)16-19-30(31)26-17-18-28-25(20-26)15-14-22-6-2-4-8-27(22)28;1-3-4-2;1-2;/h2-20H,1H3;3-4H,1-2H3;1-2H3;1H4/b;4-3-;;. The molecular formula is C38H40. The van der Waals surface area contributed by atoms with E-state index in [0.717, 1.165) is 0 Å². The van der Waals surface area contributed by atoms with Crippen molar-refractivity contribution in [3.05, 3.63) is 133 Å². The molecule has 0 heteroatoms. The van der Waals surface area contributed by atoms with Crippen molar-refractivity contribution in [1.29, 1.82) is 0 Å². The topological polar surface area (TPSA) is 0 Å². The number of hydrogen-bond donors (Lipinski definition) is 0. The second-order valence-electron chi connectivity index (χ2n) is 8.96. The zero-order chi connectivity index (χ0) is 26.2. The Balaban J connectivity index is 0.000000526. The molecule has 0 aliphatic rings. The molecule has 38 heavy (non-hydrogen) atoms. The molecule has 0 aliphatic heterocycles. The average molecular weight is 497 g/mol. The Morgan fingerprint density at radius 1 is 0.474 bits per heavy atom. The minimum Gasteiger partial charge on any atom is -0.0919 e. The van der Waals surface area contributed by atoms with E-state index in [4.69, 9.17) is 0 Å². The van der Waals surface area contributed by atoms with Gasteiger partial charge in [-0.05, 0) is 81.4 Å². The number of aryl methyl sites for hydroxylation is 1. The third-order valence-electron chi connectivity index (χ3n) is 6.66. The van der Waals surface area contributed by atoms with E-state index in [0.29, 0.717) is 0 Å². The molecule has 0 fully saturated rings. The average Bonchev–Trinajstić information content (AvgIpc) is 2.98. The summed E-state index contributed by atoms with van der Waals surface area (Å²) in [6.45, 7) is 10.1. The zero-order valence-corrected chi connectivity index (χ0v) is 22.6. The minimum atomic E-state index is 0. The van der Waals surface area contributed by atoms with Crippen molar-refractivity contribution < 1.29 is 0 Å². The molecule has 0 heterocycles. The van der Waals surface area contributed by atoms with Gasteiger partial charge in [-0.2, -0.15) is 0 Å². The smallest absolute Gasteiger partial charge is 0.00268 e. The minimum absolute atomic E-state index is 0. The Hall–Kier alpha value is -4.16. The number of rotatable bonds is 2. The summed E-state index contributed by atoms with van der Waals surface area (Å²) in [5.74, 6) is 0. The monoisotopic (exact) mass is 496 g/mol. The molecule has 0 aromatic heterocycles. The first kappa shape index (κ1) is 28.4. The SMILES string of the molecule is C.C/C=C\C.CC.Cc1ccc(-c2c(-c3ccc4c(ccc5ccccc54)c3)ccc3ccccc23)cc1. The van der Waals surface area contributed by atoms with Gasteiger partial charge in [0, 0.05) is 0 Å². The molecule has 0 spiro atoms. The quantitative estimate of drug-likeness (QED) is 0.165. The summed E-state index contributed by atoms with van der Waals surface area (Å²) >= 11 is 0. The lowest BCUT2D eigenvalue weighted by molar-refractivity contribution is 1.47. The van der Waals surface area contributed by atoms with Crippen molar-refractivity contribution in [3.8, 4) is 22.3 Å². The second-order valence-corrected chi connectivity index (χ2v) is 8.96. The summed E-state index contributed by atoms with van der Waals surface area (Å²) in [6, 6.07) is 42.1. The maximum atomic E-state index is 2.34. The van der Waals surface area contributed by atoms with Crippen LogP contribution in [0, 0.1) is 6.92 Å². The molecule has 0 unspecified atom stereocenters. The van der Waals surface area contributed by atoms with E-state index in [2.05, 4.69) is 122 Å². The molecule has 0 radical (unpaired) electrons. The van der Waals surface area contributed by atoms with E-state index in [1.165, 1.54) is 60.1 Å². The second kappa shape index (κ2) is 13.4. The third kappa shape index (κ3) is 5.87. The summed E-state index contributed by atoms with van der Waals surface area (Å²) in [7, 11) is 0. The maximum absolute atomic E-state index is 2.34. The van der Waals surface area contributed by atoms with E-state index in [1.807, 2.05) is 39.8 Å². The van der Waals surface area contributed by atoms with Gasteiger partial charge in [-0.1, -0.05) is 148 Å². The van der Waals surface area contributed by atoms with Gasteiger partial charge in [0.25, 0.3) is 0 Å². The van der Waals surface area contributed by atoms with Crippen molar-refractivity contribution in [2.24, 2.45) is 0 Å². The van der Waals surface area contributed by atoms with Crippen LogP contribution in [0.25, 0.3) is 54.6 Å². The number of benzene rings is 6. The molecule has 0 aliphatic carbocycles. The van der Waals surface area contributed by atoms with Crippen LogP contribution in [0.4, 0.5) is 0 Å². The number of hydrogen-bond acceptors (Lipinski definition) is 0. The van der Waals surface area contributed by atoms with Crippen LogP contribution in [-0.2, 0) is 0 Å². The lowest BCUT2D eigenvalue weighted by Crippen LogP contribution is -1.89. The molecule has 6 aromatic rings. The van der Waals surface area contributed by atoms with Gasteiger partial charge in [0.1, 0.15) is 0 Å². The Kier molecular flexibility index (Phi) is 10.0. The Morgan fingerprint density at radius 3 is 1.63 bits per heavy atom. The molecule has 0 amide bonds. The summed E-state index contributed by atoms with van der Waals surface area (Å²) < 4.78 is 0. The highest BCUT2D eigenvalue weighted by Crippen LogP contribution is 2.39. The molecule has 6 rings (SSSR count). The van der Waals surface area contributed by atoms with Gasteiger partial charge in [0.2, 0.25) is 0 Å². The van der Waals surface area contributed by atoms with Crippen LogP contribution in [-0.4, -0.2) is 0 Å². The van der Waals surface area contributed by atoms with E-state index < -0.39 is 0 Å². The van der Waals surface area contributed by atoms with Gasteiger partial charge in [-0.3, -0.25) is 0 Å². The van der Waals surface area contributed by atoms with Crippen LogP contribution >= 0.6 is 0 Å². The van der Waals surface area contributed by atoms with E-state index in [-0.39, 0.29) is 7.43 Å². The number of allylic oxidation sites excluding steroid dienone is 2. The molecule has 0 bridgehead atoms. The summed E-state index contributed by atoms with van der Waals surface area (Å²) in [5.41, 5.74) is 6.37. The first-order valence-corrected chi connectivity index (χ1v) is 13.3. The highest BCUT2D eigenvalue weighted by Gasteiger charge is 2.13. The van der Waals surface area contributed by atoms with Crippen molar-refractivity contribution in [2.45, 2.75) is 42.0 Å². The van der Waals surface area contributed by atoms with Crippen LogP contribution in [0.15, 0.2) is 127 Å². The first-order valence-electron chi connectivity index (χ1n) is 13.3. The van der Waals surface area contributed by atoms with E-state index in [9.17, 15) is 0 Å². The van der Waals surface area contributed by atoms with Crippen LogP contribution in [0.5, 0.6) is 0 Å². The Morgan fingerprint density at radius 2 is 0.974 bits per heavy atom. The lowest BCUT2D eigenvalue weighted by Gasteiger charge is -2.15. The fourth-order valence-corrected chi connectivity index (χ4v) is 4.72. The van der Waals surface area contributed by atoms with Crippen molar-refractivity contribution >= 4 is 32.3 Å². The van der Waals surface area contributed by atoms with E-state index >= 15 is 0 Å². The molecule has 0 saturated carbocycles. The van der Waals surface area contributed by atoms with E-state index in [1.54, 1.807) is 0 Å².